The second-order valence-corrected chi connectivity index (χ2v) is 6.06. The lowest BCUT2D eigenvalue weighted by molar-refractivity contribution is 0.105. The van der Waals surface area contributed by atoms with Gasteiger partial charge in [0.15, 0.2) is 0 Å². The lowest BCUT2D eigenvalue weighted by atomic mass is 9.75. The molecule has 2 heteroatoms. The third-order valence-corrected chi connectivity index (χ3v) is 4.61. The summed E-state index contributed by atoms with van der Waals surface area (Å²) >= 11 is 0. The highest BCUT2D eigenvalue weighted by Crippen LogP contribution is 2.36. The summed E-state index contributed by atoms with van der Waals surface area (Å²) in [7, 11) is 0. The SMILES string of the molecule is NCC1(COc2ccc3ccccc3c2)CCCCC1. The van der Waals surface area contributed by atoms with E-state index in [1.807, 2.05) is 0 Å². The van der Waals surface area contributed by atoms with E-state index in [-0.39, 0.29) is 5.41 Å². The van der Waals surface area contributed by atoms with E-state index in [0.29, 0.717) is 0 Å². The van der Waals surface area contributed by atoms with Crippen LogP contribution >= 0.6 is 0 Å². The van der Waals surface area contributed by atoms with E-state index in [4.69, 9.17) is 10.5 Å². The molecule has 0 bridgehead atoms. The van der Waals surface area contributed by atoms with Gasteiger partial charge >= 0.3 is 0 Å². The highest BCUT2D eigenvalue weighted by molar-refractivity contribution is 5.83. The largest absolute Gasteiger partial charge is 0.493 e. The van der Waals surface area contributed by atoms with Crippen LogP contribution in [0.25, 0.3) is 10.8 Å². The normalized spacial score (nSPS) is 18.1. The van der Waals surface area contributed by atoms with Gasteiger partial charge in [0, 0.05) is 12.0 Å². The fourth-order valence-electron chi connectivity index (χ4n) is 3.20. The van der Waals surface area contributed by atoms with Gasteiger partial charge in [-0.15, -0.1) is 0 Å². The van der Waals surface area contributed by atoms with Crippen LogP contribution in [0.5, 0.6) is 5.75 Å². The molecule has 0 radical (unpaired) electrons. The zero-order valence-corrected chi connectivity index (χ0v) is 12.0. The molecule has 0 amide bonds. The number of fused-ring (bicyclic) bond motifs is 1. The van der Waals surface area contributed by atoms with Crippen LogP contribution < -0.4 is 10.5 Å². The Kier molecular flexibility index (Phi) is 3.93. The summed E-state index contributed by atoms with van der Waals surface area (Å²) in [5.41, 5.74) is 6.21. The Balaban J connectivity index is 1.72. The number of rotatable bonds is 4. The molecule has 1 aliphatic rings. The predicted molar refractivity (Wildman–Crippen MR) is 84.0 cm³/mol. The summed E-state index contributed by atoms with van der Waals surface area (Å²) in [6.07, 6.45) is 6.34. The van der Waals surface area contributed by atoms with Crippen LogP contribution in [0, 0.1) is 5.41 Å². The molecule has 0 unspecified atom stereocenters. The lowest BCUT2D eigenvalue weighted by Crippen LogP contribution is -2.38. The number of ether oxygens (including phenoxy) is 1. The Morgan fingerprint density at radius 1 is 0.950 bits per heavy atom. The summed E-state index contributed by atoms with van der Waals surface area (Å²) in [5, 5.41) is 2.49. The minimum atomic E-state index is 0.198. The Bertz CT molecular complexity index is 572. The van der Waals surface area contributed by atoms with Gasteiger partial charge in [-0.25, -0.2) is 0 Å². The van der Waals surface area contributed by atoms with Gasteiger partial charge in [-0.3, -0.25) is 0 Å². The zero-order chi connectivity index (χ0) is 13.8. The van der Waals surface area contributed by atoms with E-state index in [1.165, 1.54) is 42.9 Å². The number of nitrogens with two attached hydrogens (primary N) is 1. The first-order chi connectivity index (χ1) is 9.81. The second-order valence-electron chi connectivity index (χ2n) is 6.06. The maximum Gasteiger partial charge on any atom is 0.119 e. The quantitative estimate of drug-likeness (QED) is 0.905. The van der Waals surface area contributed by atoms with Crippen molar-refractivity contribution in [2.24, 2.45) is 11.1 Å². The molecule has 2 N–H and O–H groups in total. The van der Waals surface area contributed by atoms with E-state index in [2.05, 4.69) is 42.5 Å². The van der Waals surface area contributed by atoms with Crippen LogP contribution in [0.3, 0.4) is 0 Å². The average molecular weight is 269 g/mol. The van der Waals surface area contributed by atoms with Crippen molar-refractivity contribution in [2.75, 3.05) is 13.2 Å². The summed E-state index contributed by atoms with van der Waals surface area (Å²) in [6.45, 7) is 1.49. The third kappa shape index (κ3) is 2.80. The van der Waals surface area contributed by atoms with Crippen molar-refractivity contribution in [3.05, 3.63) is 42.5 Å². The highest BCUT2D eigenvalue weighted by Gasteiger charge is 2.31. The molecule has 0 aromatic heterocycles. The molecular formula is C18H23NO. The molecule has 2 aromatic rings. The van der Waals surface area contributed by atoms with E-state index >= 15 is 0 Å². The van der Waals surface area contributed by atoms with Crippen LogP contribution in [0.1, 0.15) is 32.1 Å². The van der Waals surface area contributed by atoms with Crippen molar-refractivity contribution in [1.82, 2.24) is 0 Å². The van der Waals surface area contributed by atoms with Crippen LogP contribution in [0.4, 0.5) is 0 Å². The smallest absolute Gasteiger partial charge is 0.119 e. The van der Waals surface area contributed by atoms with Crippen LogP contribution in [-0.2, 0) is 0 Å². The Labute approximate surface area is 120 Å². The first-order valence-electron chi connectivity index (χ1n) is 7.63. The number of hydrogen-bond acceptors (Lipinski definition) is 2. The van der Waals surface area contributed by atoms with E-state index in [9.17, 15) is 0 Å². The summed E-state index contributed by atoms with van der Waals surface area (Å²) < 4.78 is 6.07. The molecule has 0 heterocycles. The first kappa shape index (κ1) is 13.4. The predicted octanol–water partition coefficient (Wildman–Crippen LogP) is 4.13. The van der Waals surface area contributed by atoms with Crippen LogP contribution in [-0.4, -0.2) is 13.2 Å². The molecule has 20 heavy (non-hydrogen) atoms. The van der Waals surface area contributed by atoms with Gasteiger partial charge in [0.2, 0.25) is 0 Å². The molecule has 0 atom stereocenters. The number of hydrogen-bond donors (Lipinski definition) is 1. The minimum Gasteiger partial charge on any atom is -0.493 e. The molecule has 0 aliphatic heterocycles. The van der Waals surface area contributed by atoms with Crippen LogP contribution in [0.2, 0.25) is 0 Å². The van der Waals surface area contributed by atoms with Crippen LogP contribution in [0.15, 0.2) is 42.5 Å². The standard InChI is InChI=1S/C18H23NO/c19-13-18(10-4-1-5-11-18)14-20-17-9-8-15-6-2-3-7-16(15)12-17/h2-3,6-9,12H,1,4-5,10-11,13-14,19H2. The Morgan fingerprint density at radius 2 is 1.70 bits per heavy atom. The second kappa shape index (κ2) is 5.84. The van der Waals surface area contributed by atoms with Gasteiger partial charge in [0.1, 0.15) is 5.75 Å². The Hall–Kier alpha value is -1.54. The van der Waals surface area contributed by atoms with Crippen molar-refractivity contribution in [3.63, 3.8) is 0 Å². The molecule has 0 spiro atoms. The lowest BCUT2D eigenvalue weighted by Gasteiger charge is -2.35. The molecule has 2 aromatic carbocycles. The average Bonchev–Trinajstić information content (AvgIpc) is 2.54. The molecule has 1 saturated carbocycles. The zero-order valence-electron chi connectivity index (χ0n) is 12.0. The highest BCUT2D eigenvalue weighted by atomic mass is 16.5. The van der Waals surface area contributed by atoms with Gasteiger partial charge in [0.05, 0.1) is 6.61 Å². The van der Waals surface area contributed by atoms with E-state index in [0.717, 1.165) is 18.9 Å². The van der Waals surface area contributed by atoms with Gasteiger partial charge < -0.3 is 10.5 Å². The fourth-order valence-corrected chi connectivity index (χ4v) is 3.20. The van der Waals surface area contributed by atoms with E-state index in [1.54, 1.807) is 0 Å². The van der Waals surface area contributed by atoms with Crippen molar-refractivity contribution in [2.45, 2.75) is 32.1 Å². The van der Waals surface area contributed by atoms with Gasteiger partial charge in [-0.2, -0.15) is 0 Å². The van der Waals surface area contributed by atoms with Crippen molar-refractivity contribution in [3.8, 4) is 5.75 Å². The topological polar surface area (TPSA) is 35.2 Å². The first-order valence-corrected chi connectivity index (χ1v) is 7.63. The summed E-state index contributed by atoms with van der Waals surface area (Å²) in [6, 6.07) is 14.7. The summed E-state index contributed by atoms with van der Waals surface area (Å²) in [4.78, 5) is 0. The fraction of sp³-hybridized carbons (Fsp3) is 0.444. The number of benzene rings is 2. The molecule has 106 valence electrons. The molecule has 2 nitrogen and oxygen atoms in total. The Morgan fingerprint density at radius 3 is 2.45 bits per heavy atom. The van der Waals surface area contributed by atoms with Crippen molar-refractivity contribution >= 4 is 10.8 Å². The van der Waals surface area contributed by atoms with Gasteiger partial charge in [0.25, 0.3) is 0 Å². The molecular weight excluding hydrogens is 246 g/mol. The molecule has 0 saturated heterocycles. The summed E-state index contributed by atoms with van der Waals surface area (Å²) in [5.74, 6) is 0.960. The van der Waals surface area contributed by atoms with E-state index < -0.39 is 0 Å². The van der Waals surface area contributed by atoms with Crippen molar-refractivity contribution < 1.29 is 4.74 Å². The van der Waals surface area contributed by atoms with Crippen molar-refractivity contribution in [1.29, 1.82) is 0 Å². The third-order valence-electron chi connectivity index (χ3n) is 4.61. The van der Waals surface area contributed by atoms with Gasteiger partial charge in [-0.1, -0.05) is 49.6 Å². The molecule has 1 fully saturated rings. The maximum atomic E-state index is 6.07. The molecule has 1 aliphatic carbocycles. The molecule has 3 rings (SSSR count). The van der Waals surface area contributed by atoms with Gasteiger partial charge in [-0.05, 0) is 35.7 Å². The maximum absolute atomic E-state index is 6.07. The monoisotopic (exact) mass is 269 g/mol. The minimum absolute atomic E-state index is 0.198.